The van der Waals surface area contributed by atoms with Gasteiger partial charge in [-0.05, 0) is 25.7 Å². The van der Waals surface area contributed by atoms with Crippen LogP contribution in [0.15, 0.2) is 0 Å². The molecule has 0 fully saturated rings. The summed E-state index contributed by atoms with van der Waals surface area (Å²) < 4.78 is 32.7. The van der Waals surface area contributed by atoms with Crippen LogP contribution in [0.4, 0.5) is 0 Å². The fraction of sp³-hybridized carbons (Fsp3) is 0.929. The smallest absolute Gasteiger partial charge is 0.472 e. The first-order valence-electron chi connectivity index (χ1n) is 22.1. The maximum atomic E-state index is 12.6. The molecule has 0 amide bonds. The molecule has 0 aliphatic carbocycles. The molecule has 0 aromatic carbocycles. The van der Waals surface area contributed by atoms with E-state index in [1.165, 1.54) is 89.9 Å². The number of carbonyl (C=O) groups excluding carboxylic acids is 2. The maximum Gasteiger partial charge on any atom is 0.472 e. The molecule has 0 aliphatic heterocycles. The van der Waals surface area contributed by atoms with E-state index in [-0.39, 0.29) is 25.6 Å². The van der Waals surface area contributed by atoms with E-state index in [1.807, 2.05) is 0 Å². The quantitative estimate of drug-likeness (QED) is 0.0260. The number of hydrogen-bond acceptors (Lipinski definition) is 10. The lowest BCUT2D eigenvalue weighted by Gasteiger charge is -2.20. The minimum atomic E-state index is -4.72. The molecular formula is C42H82NO11P. The summed E-state index contributed by atoms with van der Waals surface area (Å²) in [6.07, 6.45) is 31.8. The number of phosphoric ester groups is 1. The van der Waals surface area contributed by atoms with E-state index in [2.05, 4.69) is 18.4 Å². The van der Waals surface area contributed by atoms with Crippen LogP contribution in [0.5, 0.6) is 0 Å². The Morgan fingerprint density at radius 2 is 0.909 bits per heavy atom. The van der Waals surface area contributed by atoms with Gasteiger partial charge in [0.05, 0.1) is 19.3 Å². The van der Waals surface area contributed by atoms with Crippen molar-refractivity contribution < 1.29 is 52.6 Å². The average Bonchev–Trinajstić information content (AvgIpc) is 3.15. The summed E-state index contributed by atoms with van der Waals surface area (Å²) in [6, 6.07) is -1.53. The van der Waals surface area contributed by atoms with Crippen LogP contribution in [-0.4, -0.2) is 71.1 Å². The number of phosphoric acid groups is 1. The van der Waals surface area contributed by atoms with Crippen LogP contribution in [0.3, 0.4) is 0 Å². The van der Waals surface area contributed by atoms with Crippen molar-refractivity contribution in [3.8, 4) is 0 Å². The van der Waals surface area contributed by atoms with Crippen molar-refractivity contribution in [1.82, 2.24) is 0 Å². The van der Waals surface area contributed by atoms with Gasteiger partial charge < -0.3 is 30.3 Å². The van der Waals surface area contributed by atoms with Gasteiger partial charge in [0.2, 0.25) is 0 Å². The van der Waals surface area contributed by atoms with Crippen molar-refractivity contribution in [2.75, 3.05) is 19.8 Å². The standard InChI is InChI=1S/C42H82NO11P/c1-3-5-7-9-10-11-12-13-14-15-16-17-21-24-28-32-40(45)51-34-38(35-52-55(49,50)53-36-39(43)42(47)48)54-41(46)33-29-25-22-19-18-20-23-27-31-37(44)30-26-8-6-4-2/h37-39,44H,3-36,43H2,1-2H3,(H,47,48)(H,49,50). The van der Waals surface area contributed by atoms with Crippen molar-refractivity contribution in [3.63, 3.8) is 0 Å². The van der Waals surface area contributed by atoms with Crippen LogP contribution in [-0.2, 0) is 37.5 Å². The molecule has 0 rings (SSSR count). The number of rotatable bonds is 42. The zero-order valence-corrected chi connectivity index (χ0v) is 35.8. The molecule has 0 saturated carbocycles. The summed E-state index contributed by atoms with van der Waals surface area (Å²) in [6.45, 7) is 2.73. The molecule has 0 saturated heterocycles. The number of hydrogen-bond donors (Lipinski definition) is 4. The summed E-state index contributed by atoms with van der Waals surface area (Å²) in [5, 5.41) is 19.0. The highest BCUT2D eigenvalue weighted by Gasteiger charge is 2.28. The van der Waals surface area contributed by atoms with Gasteiger partial charge in [0.1, 0.15) is 12.6 Å². The molecule has 0 spiro atoms. The monoisotopic (exact) mass is 808 g/mol. The Morgan fingerprint density at radius 3 is 1.35 bits per heavy atom. The molecule has 0 heterocycles. The Hall–Kier alpha value is -1.56. The molecule has 0 aliphatic rings. The molecule has 55 heavy (non-hydrogen) atoms. The number of aliphatic hydroxyl groups is 1. The first-order chi connectivity index (χ1) is 26.5. The van der Waals surface area contributed by atoms with E-state index < -0.39 is 51.1 Å². The van der Waals surface area contributed by atoms with Crippen LogP contribution >= 0.6 is 7.82 Å². The zero-order valence-electron chi connectivity index (χ0n) is 34.9. The third-order valence-corrected chi connectivity index (χ3v) is 10.9. The first kappa shape index (κ1) is 53.4. The highest BCUT2D eigenvalue weighted by atomic mass is 31.2. The summed E-state index contributed by atoms with van der Waals surface area (Å²) in [5.74, 6) is -2.40. The maximum absolute atomic E-state index is 12.6. The lowest BCUT2D eigenvalue weighted by Crippen LogP contribution is -2.34. The molecule has 4 unspecified atom stereocenters. The van der Waals surface area contributed by atoms with Crippen LogP contribution in [0.2, 0.25) is 0 Å². The SMILES string of the molecule is CCCCCCCCCCCCCCCCCC(=O)OCC(COP(=O)(O)OCC(N)C(=O)O)OC(=O)CCCCCCCCCCC(O)CCCCCC. The van der Waals surface area contributed by atoms with Crippen molar-refractivity contribution in [3.05, 3.63) is 0 Å². The second kappa shape index (κ2) is 38.0. The molecule has 12 nitrogen and oxygen atoms in total. The minimum Gasteiger partial charge on any atom is -0.480 e. The lowest BCUT2D eigenvalue weighted by atomic mass is 10.0. The van der Waals surface area contributed by atoms with Crippen LogP contribution < -0.4 is 5.73 Å². The number of ether oxygens (including phenoxy) is 2. The van der Waals surface area contributed by atoms with Gasteiger partial charge in [0.15, 0.2) is 6.10 Å². The van der Waals surface area contributed by atoms with Gasteiger partial charge in [0, 0.05) is 12.8 Å². The fourth-order valence-corrected chi connectivity index (χ4v) is 7.16. The van der Waals surface area contributed by atoms with E-state index in [0.29, 0.717) is 12.8 Å². The summed E-state index contributed by atoms with van der Waals surface area (Å²) in [7, 11) is -4.72. The third kappa shape index (κ3) is 37.8. The first-order valence-corrected chi connectivity index (χ1v) is 23.6. The van der Waals surface area contributed by atoms with Gasteiger partial charge in [-0.15, -0.1) is 0 Å². The van der Waals surface area contributed by atoms with E-state index in [4.69, 9.17) is 24.8 Å². The van der Waals surface area contributed by atoms with E-state index in [0.717, 1.165) is 83.5 Å². The number of unbranched alkanes of at least 4 members (excludes halogenated alkanes) is 24. The Balaban J connectivity index is 4.35. The van der Waals surface area contributed by atoms with Gasteiger partial charge >= 0.3 is 25.7 Å². The van der Waals surface area contributed by atoms with Gasteiger partial charge in [-0.1, -0.05) is 174 Å². The molecular weight excluding hydrogens is 725 g/mol. The fourth-order valence-electron chi connectivity index (χ4n) is 6.38. The predicted octanol–water partition coefficient (Wildman–Crippen LogP) is 10.5. The number of esters is 2. The average molecular weight is 808 g/mol. The molecule has 13 heteroatoms. The van der Waals surface area contributed by atoms with Crippen molar-refractivity contribution in [2.45, 2.75) is 231 Å². The molecule has 0 aromatic heterocycles. The number of aliphatic carboxylic acids is 1. The van der Waals surface area contributed by atoms with Crippen molar-refractivity contribution in [1.29, 1.82) is 0 Å². The Morgan fingerprint density at radius 1 is 0.545 bits per heavy atom. The molecule has 0 bridgehead atoms. The van der Waals surface area contributed by atoms with Gasteiger partial charge in [0.25, 0.3) is 0 Å². The number of aliphatic hydroxyl groups excluding tert-OH is 1. The molecule has 0 aromatic rings. The van der Waals surface area contributed by atoms with Crippen LogP contribution in [0.25, 0.3) is 0 Å². The zero-order chi connectivity index (χ0) is 40.8. The number of carbonyl (C=O) groups is 3. The lowest BCUT2D eigenvalue weighted by molar-refractivity contribution is -0.161. The van der Waals surface area contributed by atoms with E-state index >= 15 is 0 Å². The van der Waals surface area contributed by atoms with Crippen molar-refractivity contribution >= 4 is 25.7 Å². The summed E-state index contributed by atoms with van der Waals surface area (Å²) >= 11 is 0. The van der Waals surface area contributed by atoms with E-state index in [9.17, 15) is 28.9 Å². The highest BCUT2D eigenvalue weighted by molar-refractivity contribution is 7.47. The summed E-state index contributed by atoms with van der Waals surface area (Å²) in [5.41, 5.74) is 5.33. The second-order valence-corrected chi connectivity index (χ2v) is 16.8. The van der Waals surface area contributed by atoms with Gasteiger partial charge in [-0.25, -0.2) is 4.57 Å². The van der Waals surface area contributed by atoms with Gasteiger partial charge in [-0.3, -0.25) is 23.4 Å². The van der Waals surface area contributed by atoms with Crippen LogP contribution in [0.1, 0.15) is 213 Å². The predicted molar refractivity (Wildman–Crippen MR) is 219 cm³/mol. The van der Waals surface area contributed by atoms with Gasteiger partial charge in [-0.2, -0.15) is 0 Å². The Bertz CT molecular complexity index is 970. The second-order valence-electron chi connectivity index (χ2n) is 15.4. The summed E-state index contributed by atoms with van der Waals surface area (Å²) in [4.78, 5) is 45.9. The molecule has 0 radical (unpaired) electrons. The topological polar surface area (TPSA) is 192 Å². The highest BCUT2D eigenvalue weighted by Crippen LogP contribution is 2.43. The molecule has 5 N–H and O–H groups in total. The Kier molecular flexibility index (Phi) is 36.9. The van der Waals surface area contributed by atoms with Crippen molar-refractivity contribution in [2.24, 2.45) is 5.73 Å². The molecule has 326 valence electrons. The third-order valence-electron chi connectivity index (χ3n) is 9.93. The Labute approximate surface area is 334 Å². The number of carboxylic acid groups (broad SMARTS) is 1. The number of nitrogens with two attached hydrogens (primary N) is 1. The number of carboxylic acids is 1. The normalized spacial score (nSPS) is 14.3. The minimum absolute atomic E-state index is 0.139. The molecule has 4 atom stereocenters. The van der Waals surface area contributed by atoms with E-state index in [1.54, 1.807) is 0 Å². The largest absolute Gasteiger partial charge is 0.480 e. The van der Waals surface area contributed by atoms with Crippen LogP contribution in [0, 0.1) is 0 Å².